The van der Waals surface area contributed by atoms with Crippen LogP contribution in [0.4, 0.5) is 10.6 Å². The predicted molar refractivity (Wildman–Crippen MR) is 84.2 cm³/mol. The minimum atomic E-state index is -0.516. The monoisotopic (exact) mass is 296 g/mol. The second-order valence-corrected chi connectivity index (χ2v) is 6.63. The van der Waals surface area contributed by atoms with E-state index in [-0.39, 0.29) is 0 Å². The molecule has 0 spiro atoms. The van der Waals surface area contributed by atoms with E-state index in [0.717, 1.165) is 18.5 Å². The molecule has 0 aromatic carbocycles. The first kappa shape index (κ1) is 17.5. The number of ether oxygens (including phenoxy) is 1. The zero-order chi connectivity index (χ0) is 16.0. The van der Waals surface area contributed by atoms with Crippen LogP contribution in [0.25, 0.3) is 0 Å². The van der Waals surface area contributed by atoms with Crippen LogP contribution in [0.3, 0.4) is 0 Å². The molecule has 6 nitrogen and oxygen atoms in total. The summed E-state index contributed by atoms with van der Waals surface area (Å²) in [6, 6.07) is 0. The molecule has 0 radical (unpaired) electrons. The number of anilines is 1. The topological polar surface area (TPSA) is 68.2 Å². The smallest absolute Gasteiger partial charge is 0.413 e. The van der Waals surface area contributed by atoms with Gasteiger partial charge in [-0.2, -0.15) is 5.10 Å². The molecule has 0 saturated carbocycles. The van der Waals surface area contributed by atoms with Crippen molar-refractivity contribution in [3.63, 3.8) is 0 Å². The fourth-order valence-electron chi connectivity index (χ4n) is 1.79. The molecular formula is C15H28N4O2. The van der Waals surface area contributed by atoms with Crippen LogP contribution in [0.5, 0.6) is 0 Å². The Kier molecular flexibility index (Phi) is 6.20. The molecule has 0 fully saturated rings. The fraction of sp³-hybridized carbons (Fsp3) is 0.733. The summed E-state index contributed by atoms with van der Waals surface area (Å²) in [7, 11) is 1.80. The SMILES string of the molecule is CC(C)CCNCc1cnn(C)c1NC(=O)OC(C)(C)C. The van der Waals surface area contributed by atoms with Crippen LogP contribution in [-0.2, 0) is 18.3 Å². The molecule has 1 amide bonds. The number of aryl methyl sites for hydroxylation is 1. The lowest BCUT2D eigenvalue weighted by atomic mass is 10.1. The largest absolute Gasteiger partial charge is 0.444 e. The van der Waals surface area contributed by atoms with Gasteiger partial charge in [-0.1, -0.05) is 13.8 Å². The molecule has 2 N–H and O–H groups in total. The van der Waals surface area contributed by atoms with Gasteiger partial charge >= 0.3 is 6.09 Å². The molecule has 0 aliphatic carbocycles. The van der Waals surface area contributed by atoms with Crippen molar-refractivity contribution in [3.05, 3.63) is 11.8 Å². The van der Waals surface area contributed by atoms with E-state index in [4.69, 9.17) is 4.74 Å². The maximum Gasteiger partial charge on any atom is 0.413 e. The Labute approximate surface area is 127 Å². The minimum absolute atomic E-state index is 0.463. The number of hydrogen-bond acceptors (Lipinski definition) is 4. The molecule has 1 rings (SSSR count). The maximum atomic E-state index is 11.9. The molecule has 120 valence electrons. The van der Waals surface area contributed by atoms with E-state index in [0.29, 0.717) is 18.3 Å². The Bertz CT molecular complexity index is 461. The Balaban J connectivity index is 2.58. The van der Waals surface area contributed by atoms with Crippen molar-refractivity contribution in [1.29, 1.82) is 0 Å². The lowest BCUT2D eigenvalue weighted by Crippen LogP contribution is -2.28. The van der Waals surface area contributed by atoms with Gasteiger partial charge in [-0.25, -0.2) is 4.79 Å². The van der Waals surface area contributed by atoms with Crippen LogP contribution in [0.15, 0.2) is 6.20 Å². The summed E-state index contributed by atoms with van der Waals surface area (Å²) in [6.07, 6.45) is 2.42. The number of aromatic nitrogens is 2. The van der Waals surface area contributed by atoms with Crippen molar-refractivity contribution in [2.24, 2.45) is 13.0 Å². The molecule has 0 unspecified atom stereocenters. The first-order valence-electron chi connectivity index (χ1n) is 7.40. The van der Waals surface area contributed by atoms with E-state index in [1.807, 2.05) is 20.8 Å². The Hall–Kier alpha value is -1.56. The van der Waals surface area contributed by atoms with Gasteiger partial charge in [-0.3, -0.25) is 10.00 Å². The van der Waals surface area contributed by atoms with Gasteiger partial charge in [0.15, 0.2) is 0 Å². The average Bonchev–Trinajstić information content (AvgIpc) is 2.64. The number of hydrogen-bond donors (Lipinski definition) is 2. The molecule has 0 bridgehead atoms. The number of amides is 1. The highest BCUT2D eigenvalue weighted by atomic mass is 16.6. The zero-order valence-corrected chi connectivity index (χ0v) is 14.0. The Morgan fingerprint density at radius 3 is 2.67 bits per heavy atom. The van der Waals surface area contributed by atoms with Crippen LogP contribution in [0.2, 0.25) is 0 Å². The van der Waals surface area contributed by atoms with Gasteiger partial charge in [0.1, 0.15) is 11.4 Å². The summed E-state index contributed by atoms with van der Waals surface area (Å²) in [5, 5.41) is 10.3. The highest BCUT2D eigenvalue weighted by Crippen LogP contribution is 2.16. The number of carbonyl (C=O) groups is 1. The van der Waals surface area contributed by atoms with Crippen molar-refractivity contribution < 1.29 is 9.53 Å². The van der Waals surface area contributed by atoms with Crippen LogP contribution in [0.1, 0.15) is 46.6 Å². The van der Waals surface area contributed by atoms with Gasteiger partial charge in [-0.15, -0.1) is 0 Å². The molecule has 6 heteroatoms. The highest BCUT2D eigenvalue weighted by molar-refractivity contribution is 5.84. The summed E-state index contributed by atoms with van der Waals surface area (Å²) in [5.41, 5.74) is 0.436. The van der Waals surface area contributed by atoms with Gasteiger partial charge in [0, 0.05) is 19.2 Å². The lowest BCUT2D eigenvalue weighted by Gasteiger charge is -2.20. The number of carbonyl (C=O) groups excluding carboxylic acids is 1. The van der Waals surface area contributed by atoms with Crippen molar-refractivity contribution in [2.45, 2.75) is 53.2 Å². The van der Waals surface area contributed by atoms with Gasteiger partial charge in [0.2, 0.25) is 0 Å². The molecule has 0 aliphatic heterocycles. The van der Waals surface area contributed by atoms with Gasteiger partial charge in [0.05, 0.1) is 6.20 Å². The standard InChI is InChI=1S/C15H28N4O2/c1-11(2)7-8-16-9-12-10-17-19(6)13(12)18-14(20)21-15(3,4)5/h10-11,16H,7-9H2,1-6H3,(H,18,20). The summed E-state index contributed by atoms with van der Waals surface area (Å²) in [4.78, 5) is 11.9. The molecule has 1 aromatic rings. The van der Waals surface area contributed by atoms with E-state index in [1.165, 1.54) is 0 Å². The average molecular weight is 296 g/mol. The fourth-order valence-corrected chi connectivity index (χ4v) is 1.79. The molecule has 1 heterocycles. The normalized spacial score (nSPS) is 11.8. The molecule has 0 atom stereocenters. The second-order valence-electron chi connectivity index (χ2n) is 6.63. The maximum absolute atomic E-state index is 11.9. The Morgan fingerprint density at radius 1 is 1.43 bits per heavy atom. The first-order chi connectivity index (χ1) is 9.69. The lowest BCUT2D eigenvalue weighted by molar-refractivity contribution is 0.0634. The van der Waals surface area contributed by atoms with Crippen molar-refractivity contribution in [1.82, 2.24) is 15.1 Å². The quantitative estimate of drug-likeness (QED) is 0.792. The van der Waals surface area contributed by atoms with Crippen molar-refractivity contribution in [3.8, 4) is 0 Å². The van der Waals surface area contributed by atoms with Gasteiger partial charge in [0.25, 0.3) is 0 Å². The van der Waals surface area contributed by atoms with E-state index in [9.17, 15) is 4.79 Å². The summed E-state index contributed by atoms with van der Waals surface area (Å²) in [6.45, 7) is 11.5. The third-order valence-corrected chi connectivity index (χ3v) is 2.85. The summed E-state index contributed by atoms with van der Waals surface area (Å²) < 4.78 is 6.91. The zero-order valence-electron chi connectivity index (χ0n) is 14.0. The second kappa shape index (κ2) is 7.45. The molecule has 0 saturated heterocycles. The number of rotatable bonds is 6. The first-order valence-corrected chi connectivity index (χ1v) is 7.40. The van der Waals surface area contributed by atoms with Crippen LogP contribution in [0, 0.1) is 5.92 Å². The molecular weight excluding hydrogens is 268 g/mol. The Morgan fingerprint density at radius 2 is 2.10 bits per heavy atom. The number of nitrogens with zero attached hydrogens (tertiary/aromatic N) is 2. The van der Waals surface area contributed by atoms with E-state index < -0.39 is 11.7 Å². The van der Waals surface area contributed by atoms with Crippen LogP contribution >= 0.6 is 0 Å². The van der Waals surface area contributed by atoms with E-state index in [1.54, 1.807) is 17.9 Å². The van der Waals surface area contributed by atoms with E-state index >= 15 is 0 Å². The molecule has 21 heavy (non-hydrogen) atoms. The predicted octanol–water partition coefficient (Wildman–Crippen LogP) is 2.90. The number of nitrogens with one attached hydrogen (secondary N) is 2. The van der Waals surface area contributed by atoms with Crippen molar-refractivity contribution in [2.75, 3.05) is 11.9 Å². The highest BCUT2D eigenvalue weighted by Gasteiger charge is 2.18. The minimum Gasteiger partial charge on any atom is -0.444 e. The van der Waals surface area contributed by atoms with Crippen molar-refractivity contribution >= 4 is 11.9 Å². The molecule has 0 aliphatic rings. The van der Waals surface area contributed by atoms with Gasteiger partial charge < -0.3 is 10.1 Å². The third kappa shape index (κ3) is 6.62. The third-order valence-electron chi connectivity index (χ3n) is 2.85. The molecule has 1 aromatic heterocycles. The summed E-state index contributed by atoms with van der Waals surface area (Å²) in [5.74, 6) is 1.34. The van der Waals surface area contributed by atoms with Crippen LogP contribution in [-0.4, -0.2) is 28.0 Å². The van der Waals surface area contributed by atoms with Gasteiger partial charge in [-0.05, 0) is 39.7 Å². The summed E-state index contributed by atoms with van der Waals surface area (Å²) >= 11 is 0. The van der Waals surface area contributed by atoms with E-state index in [2.05, 4.69) is 29.6 Å². The van der Waals surface area contributed by atoms with Crippen LogP contribution < -0.4 is 10.6 Å².